The second kappa shape index (κ2) is 9.50. The lowest BCUT2D eigenvalue weighted by atomic mass is 9.95. The molecule has 0 saturated heterocycles. The standard InChI is InChI=1S/C31H24N2O6/c34-20-7-5-17(6-8-20)30-28(19-11-21(35)13-22(36)12-19)29-25(14-23(37)15-27(29)39-30)31(38)32-10-9-18-16-33-26-4-2-1-3-24(18)26/h1-8,11-16,33-37H,9-10H2,(H,32,38). The number of furan rings is 1. The van der Waals surface area contributed by atoms with E-state index in [0.29, 0.717) is 40.8 Å². The first kappa shape index (κ1) is 24.0. The second-order valence-corrected chi connectivity index (χ2v) is 9.32. The maximum absolute atomic E-state index is 13.5. The number of para-hydroxylation sites is 1. The van der Waals surface area contributed by atoms with Crippen LogP contribution in [0.25, 0.3) is 44.3 Å². The van der Waals surface area contributed by atoms with Crippen molar-refractivity contribution in [1.29, 1.82) is 0 Å². The molecule has 0 spiro atoms. The minimum atomic E-state index is -0.417. The van der Waals surface area contributed by atoms with Crippen molar-refractivity contribution in [3.8, 4) is 45.4 Å². The molecule has 2 aromatic heterocycles. The lowest BCUT2D eigenvalue weighted by molar-refractivity contribution is 0.0955. The van der Waals surface area contributed by atoms with Gasteiger partial charge in [0.1, 0.15) is 34.3 Å². The van der Waals surface area contributed by atoms with Crippen molar-refractivity contribution in [3.63, 3.8) is 0 Å². The van der Waals surface area contributed by atoms with Gasteiger partial charge < -0.3 is 35.1 Å². The number of aromatic amines is 1. The highest BCUT2D eigenvalue weighted by atomic mass is 16.3. The molecule has 0 aliphatic heterocycles. The van der Waals surface area contributed by atoms with Gasteiger partial charge in [0.2, 0.25) is 0 Å². The zero-order valence-electron chi connectivity index (χ0n) is 20.6. The highest BCUT2D eigenvalue weighted by molar-refractivity contribution is 6.14. The van der Waals surface area contributed by atoms with Crippen LogP contribution in [0.3, 0.4) is 0 Å². The second-order valence-electron chi connectivity index (χ2n) is 9.32. The Morgan fingerprint density at radius 2 is 1.51 bits per heavy atom. The summed E-state index contributed by atoms with van der Waals surface area (Å²) in [7, 11) is 0. The zero-order valence-corrected chi connectivity index (χ0v) is 20.6. The van der Waals surface area contributed by atoms with E-state index >= 15 is 0 Å². The van der Waals surface area contributed by atoms with Crippen molar-refractivity contribution in [2.75, 3.05) is 6.54 Å². The van der Waals surface area contributed by atoms with Crippen LogP contribution in [0.2, 0.25) is 0 Å². The average Bonchev–Trinajstić information content (AvgIpc) is 3.49. The molecule has 0 atom stereocenters. The smallest absolute Gasteiger partial charge is 0.252 e. The van der Waals surface area contributed by atoms with Crippen molar-refractivity contribution in [3.05, 3.63) is 96.2 Å². The molecule has 194 valence electrons. The summed E-state index contributed by atoms with van der Waals surface area (Å²) in [6, 6.07) is 21.1. The summed E-state index contributed by atoms with van der Waals surface area (Å²) >= 11 is 0. The van der Waals surface area contributed by atoms with Gasteiger partial charge in [0.25, 0.3) is 5.91 Å². The molecular formula is C31H24N2O6. The summed E-state index contributed by atoms with van der Waals surface area (Å²) < 4.78 is 6.15. The molecule has 0 fully saturated rings. The van der Waals surface area contributed by atoms with E-state index in [1.54, 1.807) is 12.1 Å². The molecule has 2 heterocycles. The fraction of sp³-hybridized carbons (Fsp3) is 0.0645. The van der Waals surface area contributed by atoms with E-state index in [1.165, 1.54) is 42.5 Å². The largest absolute Gasteiger partial charge is 0.508 e. The molecule has 6 N–H and O–H groups in total. The molecule has 1 amide bonds. The normalized spacial score (nSPS) is 11.3. The van der Waals surface area contributed by atoms with Gasteiger partial charge in [0, 0.05) is 52.3 Å². The topological polar surface area (TPSA) is 139 Å². The van der Waals surface area contributed by atoms with Crippen LogP contribution in [0.4, 0.5) is 0 Å². The van der Waals surface area contributed by atoms with Gasteiger partial charge in [-0.05, 0) is 66.1 Å². The zero-order chi connectivity index (χ0) is 27.1. The van der Waals surface area contributed by atoms with E-state index < -0.39 is 5.91 Å². The van der Waals surface area contributed by atoms with Crippen LogP contribution in [0.15, 0.2) is 89.5 Å². The molecule has 8 nitrogen and oxygen atoms in total. The van der Waals surface area contributed by atoms with Crippen molar-refractivity contribution in [2.24, 2.45) is 0 Å². The number of phenolic OH excluding ortho intramolecular Hbond substituents is 4. The number of carbonyl (C=O) groups is 1. The van der Waals surface area contributed by atoms with Crippen LogP contribution < -0.4 is 5.32 Å². The summed E-state index contributed by atoms with van der Waals surface area (Å²) in [6.45, 7) is 0.350. The van der Waals surface area contributed by atoms with E-state index in [9.17, 15) is 25.2 Å². The number of nitrogens with one attached hydrogen (secondary N) is 2. The Labute approximate surface area is 222 Å². The third kappa shape index (κ3) is 4.48. The molecule has 4 aromatic carbocycles. The number of hydrogen-bond acceptors (Lipinski definition) is 6. The Morgan fingerprint density at radius 1 is 0.795 bits per heavy atom. The van der Waals surface area contributed by atoms with Gasteiger partial charge in [0.05, 0.1) is 5.56 Å². The predicted octanol–water partition coefficient (Wildman–Crippen LogP) is 6.04. The molecule has 0 aliphatic carbocycles. The lowest BCUT2D eigenvalue weighted by Crippen LogP contribution is -2.25. The fourth-order valence-corrected chi connectivity index (χ4v) is 4.97. The first-order chi connectivity index (χ1) is 18.9. The Kier molecular flexibility index (Phi) is 5.84. The minimum absolute atomic E-state index is 0.0688. The third-order valence-corrected chi connectivity index (χ3v) is 6.70. The number of H-pyrrole nitrogens is 1. The number of hydrogen-bond donors (Lipinski definition) is 6. The molecule has 0 unspecified atom stereocenters. The summed E-state index contributed by atoms with van der Waals surface area (Å²) in [5, 5.41) is 45.1. The lowest BCUT2D eigenvalue weighted by Gasteiger charge is -2.10. The fourth-order valence-electron chi connectivity index (χ4n) is 4.97. The molecule has 8 heteroatoms. The number of amides is 1. The van der Waals surface area contributed by atoms with Gasteiger partial charge in [-0.3, -0.25) is 4.79 Å². The average molecular weight is 521 g/mol. The minimum Gasteiger partial charge on any atom is -0.508 e. The number of benzene rings is 4. The van der Waals surface area contributed by atoms with Gasteiger partial charge >= 0.3 is 0 Å². The number of fused-ring (bicyclic) bond motifs is 2. The van der Waals surface area contributed by atoms with E-state index in [-0.39, 0.29) is 34.1 Å². The Balaban J connectivity index is 1.44. The van der Waals surface area contributed by atoms with Gasteiger partial charge in [-0.25, -0.2) is 0 Å². The molecule has 0 bridgehead atoms. The van der Waals surface area contributed by atoms with Crippen LogP contribution in [0.5, 0.6) is 23.0 Å². The van der Waals surface area contributed by atoms with Gasteiger partial charge in [-0.15, -0.1) is 0 Å². The summed E-state index contributed by atoms with van der Waals surface area (Å²) in [6.07, 6.45) is 2.52. The SMILES string of the molecule is O=C(NCCc1c[nH]c2ccccc12)c1cc(O)cc2oc(-c3ccc(O)cc3)c(-c3cc(O)cc(O)c3)c12. The van der Waals surface area contributed by atoms with Crippen molar-refractivity contribution in [1.82, 2.24) is 10.3 Å². The highest BCUT2D eigenvalue weighted by Gasteiger charge is 2.25. The number of aromatic nitrogens is 1. The van der Waals surface area contributed by atoms with E-state index in [1.807, 2.05) is 30.5 Å². The monoisotopic (exact) mass is 520 g/mol. The molecule has 6 rings (SSSR count). The van der Waals surface area contributed by atoms with E-state index in [4.69, 9.17) is 4.42 Å². The quantitative estimate of drug-likeness (QED) is 0.158. The maximum Gasteiger partial charge on any atom is 0.252 e. The van der Waals surface area contributed by atoms with Crippen molar-refractivity contribution in [2.45, 2.75) is 6.42 Å². The Morgan fingerprint density at radius 3 is 2.28 bits per heavy atom. The van der Waals surface area contributed by atoms with E-state index in [2.05, 4.69) is 10.3 Å². The van der Waals surface area contributed by atoms with Gasteiger partial charge in [-0.2, -0.15) is 0 Å². The first-order valence-corrected chi connectivity index (χ1v) is 12.3. The third-order valence-electron chi connectivity index (χ3n) is 6.70. The Hall–Kier alpha value is -5.37. The maximum atomic E-state index is 13.5. The Bertz CT molecular complexity index is 1830. The number of aromatic hydroxyl groups is 4. The molecule has 6 aromatic rings. The predicted molar refractivity (Wildman–Crippen MR) is 148 cm³/mol. The van der Waals surface area contributed by atoms with Crippen LogP contribution in [-0.4, -0.2) is 37.9 Å². The molecule has 0 saturated carbocycles. The molecular weight excluding hydrogens is 496 g/mol. The summed E-state index contributed by atoms with van der Waals surface area (Å²) in [5.74, 6) is -0.494. The van der Waals surface area contributed by atoms with Crippen LogP contribution in [-0.2, 0) is 6.42 Å². The number of carbonyl (C=O) groups excluding carboxylic acids is 1. The van der Waals surface area contributed by atoms with Crippen LogP contribution in [0, 0.1) is 0 Å². The number of phenols is 4. The number of rotatable bonds is 6. The summed E-state index contributed by atoms with van der Waals surface area (Å²) in [5.41, 5.74) is 3.96. The van der Waals surface area contributed by atoms with Gasteiger partial charge in [-0.1, -0.05) is 18.2 Å². The molecule has 0 aliphatic rings. The first-order valence-electron chi connectivity index (χ1n) is 12.3. The summed E-state index contributed by atoms with van der Waals surface area (Å²) in [4.78, 5) is 16.7. The molecule has 0 radical (unpaired) electrons. The van der Waals surface area contributed by atoms with Crippen LogP contribution in [0.1, 0.15) is 15.9 Å². The van der Waals surface area contributed by atoms with Crippen LogP contribution >= 0.6 is 0 Å². The van der Waals surface area contributed by atoms with E-state index in [0.717, 1.165) is 16.5 Å². The van der Waals surface area contributed by atoms with Crippen molar-refractivity contribution >= 4 is 27.8 Å². The van der Waals surface area contributed by atoms with Gasteiger partial charge in [0.15, 0.2) is 0 Å². The van der Waals surface area contributed by atoms with Crippen molar-refractivity contribution < 1.29 is 29.6 Å². The highest BCUT2D eigenvalue weighted by Crippen LogP contribution is 2.45. The molecule has 39 heavy (non-hydrogen) atoms.